The van der Waals surface area contributed by atoms with E-state index in [0.717, 1.165) is 19.1 Å². The Morgan fingerprint density at radius 1 is 1.36 bits per heavy atom. The number of sulfone groups is 1. The van der Waals surface area contributed by atoms with Crippen molar-refractivity contribution in [2.24, 2.45) is 5.73 Å². The average molecular weight is 221 g/mol. The highest BCUT2D eigenvalue weighted by atomic mass is 32.2. The van der Waals surface area contributed by atoms with E-state index in [-0.39, 0.29) is 24.0 Å². The number of carbonyl (C=O) groups excluding carboxylic acids is 1. The van der Waals surface area contributed by atoms with Crippen molar-refractivity contribution >= 4 is 15.6 Å². The van der Waals surface area contributed by atoms with Crippen molar-refractivity contribution < 1.29 is 13.2 Å². The highest BCUT2D eigenvalue weighted by molar-refractivity contribution is 7.90. The van der Waals surface area contributed by atoms with E-state index < -0.39 is 9.84 Å². The maximum atomic E-state index is 11.2. The summed E-state index contributed by atoms with van der Waals surface area (Å²) in [5.74, 6) is -0.0274. The number of carbonyl (C=O) groups is 1. The zero-order valence-electron chi connectivity index (χ0n) is 8.82. The molecule has 0 aromatic heterocycles. The maximum absolute atomic E-state index is 11.2. The average Bonchev–Trinajstić information content (AvgIpc) is 1.99. The van der Waals surface area contributed by atoms with E-state index in [9.17, 15) is 13.2 Å². The van der Waals surface area contributed by atoms with Crippen LogP contribution in [0.15, 0.2) is 0 Å². The number of hydrogen-bond acceptors (Lipinski definition) is 4. The number of rotatable bonds is 7. The lowest BCUT2D eigenvalue weighted by Gasteiger charge is -2.03. The van der Waals surface area contributed by atoms with Crippen LogP contribution in [0.4, 0.5) is 0 Å². The van der Waals surface area contributed by atoms with Gasteiger partial charge in [0.2, 0.25) is 0 Å². The van der Waals surface area contributed by atoms with E-state index in [1.165, 1.54) is 0 Å². The third kappa shape index (κ3) is 9.67. The van der Waals surface area contributed by atoms with Crippen LogP contribution in [0.5, 0.6) is 0 Å². The van der Waals surface area contributed by atoms with Gasteiger partial charge in [0.1, 0.15) is 15.6 Å². The van der Waals surface area contributed by atoms with Crippen LogP contribution >= 0.6 is 0 Å². The molecule has 0 aromatic carbocycles. The molecule has 0 saturated carbocycles. The molecule has 5 heteroatoms. The SMILES string of the molecule is CC(N)CCCC(=O)CCS(C)(=O)=O. The van der Waals surface area contributed by atoms with Crippen LogP contribution < -0.4 is 5.73 Å². The lowest BCUT2D eigenvalue weighted by Crippen LogP contribution is -2.15. The zero-order valence-corrected chi connectivity index (χ0v) is 9.64. The Hall–Kier alpha value is -0.420. The van der Waals surface area contributed by atoms with Crippen molar-refractivity contribution in [1.29, 1.82) is 0 Å². The summed E-state index contributed by atoms with van der Waals surface area (Å²) in [5, 5.41) is 0. The standard InChI is InChI=1S/C9H19NO3S/c1-8(10)4-3-5-9(11)6-7-14(2,12)13/h8H,3-7,10H2,1-2H3. The van der Waals surface area contributed by atoms with E-state index >= 15 is 0 Å². The van der Waals surface area contributed by atoms with Crippen molar-refractivity contribution in [3.8, 4) is 0 Å². The van der Waals surface area contributed by atoms with Crippen LogP contribution in [0.25, 0.3) is 0 Å². The number of ketones is 1. The number of Topliss-reactive ketones (excluding diaryl/α,β-unsaturated/α-hetero) is 1. The molecule has 0 radical (unpaired) electrons. The molecule has 0 rings (SSSR count). The topological polar surface area (TPSA) is 77.2 Å². The van der Waals surface area contributed by atoms with Gasteiger partial charge in [-0.15, -0.1) is 0 Å². The summed E-state index contributed by atoms with van der Waals surface area (Å²) in [6.07, 6.45) is 3.28. The van der Waals surface area contributed by atoms with Gasteiger partial charge in [0.05, 0.1) is 5.75 Å². The summed E-state index contributed by atoms with van der Waals surface area (Å²) in [4.78, 5) is 11.2. The fourth-order valence-corrected chi connectivity index (χ4v) is 1.64. The van der Waals surface area contributed by atoms with Gasteiger partial charge in [-0.2, -0.15) is 0 Å². The maximum Gasteiger partial charge on any atom is 0.147 e. The Labute approximate surface area is 85.8 Å². The van der Waals surface area contributed by atoms with Gasteiger partial charge in [0.25, 0.3) is 0 Å². The molecule has 0 heterocycles. The Balaban J connectivity index is 3.57. The van der Waals surface area contributed by atoms with Crippen molar-refractivity contribution in [3.05, 3.63) is 0 Å². The van der Waals surface area contributed by atoms with Gasteiger partial charge in [0, 0.05) is 25.1 Å². The first-order valence-corrected chi connectivity index (χ1v) is 6.82. The largest absolute Gasteiger partial charge is 0.328 e. The van der Waals surface area contributed by atoms with E-state index in [4.69, 9.17) is 5.73 Å². The Morgan fingerprint density at radius 3 is 2.36 bits per heavy atom. The smallest absolute Gasteiger partial charge is 0.147 e. The third-order valence-electron chi connectivity index (χ3n) is 1.87. The molecule has 0 amide bonds. The summed E-state index contributed by atoms with van der Waals surface area (Å²) in [5.41, 5.74) is 5.51. The molecule has 0 aliphatic rings. The fraction of sp³-hybridized carbons (Fsp3) is 0.889. The predicted octanol–water partition coefficient (Wildman–Crippen LogP) is 0.508. The predicted molar refractivity (Wildman–Crippen MR) is 56.8 cm³/mol. The van der Waals surface area contributed by atoms with Crippen molar-refractivity contribution in [2.45, 2.75) is 38.6 Å². The minimum Gasteiger partial charge on any atom is -0.328 e. The normalized spacial score (nSPS) is 13.9. The Morgan fingerprint density at radius 2 is 1.93 bits per heavy atom. The van der Waals surface area contributed by atoms with E-state index in [1.807, 2.05) is 6.92 Å². The summed E-state index contributed by atoms with van der Waals surface area (Å²) in [6.45, 7) is 1.89. The van der Waals surface area contributed by atoms with Gasteiger partial charge in [-0.3, -0.25) is 4.79 Å². The first kappa shape index (κ1) is 13.6. The van der Waals surface area contributed by atoms with Crippen LogP contribution in [0, 0.1) is 0 Å². The van der Waals surface area contributed by atoms with Crippen LogP contribution in [-0.2, 0) is 14.6 Å². The molecular weight excluding hydrogens is 202 g/mol. The van der Waals surface area contributed by atoms with Crippen molar-refractivity contribution in [3.63, 3.8) is 0 Å². The van der Waals surface area contributed by atoms with Crippen molar-refractivity contribution in [1.82, 2.24) is 0 Å². The fourth-order valence-electron chi connectivity index (χ4n) is 1.05. The summed E-state index contributed by atoms with van der Waals surface area (Å²) < 4.78 is 21.5. The molecule has 1 unspecified atom stereocenters. The Kier molecular flexibility index (Phi) is 5.95. The van der Waals surface area contributed by atoms with Gasteiger partial charge in [-0.1, -0.05) is 0 Å². The summed E-state index contributed by atoms with van der Waals surface area (Å²) >= 11 is 0. The van der Waals surface area contributed by atoms with Crippen LogP contribution in [-0.4, -0.2) is 32.3 Å². The lowest BCUT2D eigenvalue weighted by atomic mass is 10.1. The van der Waals surface area contributed by atoms with Gasteiger partial charge in [0.15, 0.2) is 0 Å². The second-order valence-electron chi connectivity index (χ2n) is 3.79. The molecule has 0 fully saturated rings. The summed E-state index contributed by atoms with van der Waals surface area (Å²) in [7, 11) is -3.01. The molecule has 14 heavy (non-hydrogen) atoms. The molecule has 84 valence electrons. The highest BCUT2D eigenvalue weighted by Gasteiger charge is 2.07. The first-order valence-electron chi connectivity index (χ1n) is 4.76. The molecule has 1 atom stereocenters. The molecule has 0 aliphatic heterocycles. The van der Waals surface area contributed by atoms with Gasteiger partial charge in [-0.25, -0.2) is 8.42 Å². The third-order valence-corrected chi connectivity index (χ3v) is 2.81. The quantitative estimate of drug-likeness (QED) is 0.679. The molecule has 0 saturated heterocycles. The highest BCUT2D eigenvalue weighted by Crippen LogP contribution is 2.02. The molecule has 0 aliphatic carbocycles. The van der Waals surface area contributed by atoms with E-state index in [0.29, 0.717) is 6.42 Å². The molecular formula is C9H19NO3S. The van der Waals surface area contributed by atoms with Crippen LogP contribution in [0.3, 0.4) is 0 Å². The first-order chi connectivity index (χ1) is 6.31. The molecule has 0 bridgehead atoms. The second kappa shape index (κ2) is 6.14. The number of hydrogen-bond donors (Lipinski definition) is 1. The Bertz CT molecular complexity index is 270. The molecule has 4 nitrogen and oxygen atoms in total. The van der Waals surface area contributed by atoms with Gasteiger partial charge >= 0.3 is 0 Å². The minimum atomic E-state index is -3.01. The number of nitrogens with two attached hydrogens (primary N) is 1. The minimum absolute atomic E-state index is 0.0103. The van der Waals surface area contributed by atoms with Gasteiger partial charge < -0.3 is 5.73 Å². The van der Waals surface area contributed by atoms with E-state index in [2.05, 4.69) is 0 Å². The van der Waals surface area contributed by atoms with E-state index in [1.54, 1.807) is 0 Å². The summed E-state index contributed by atoms with van der Waals surface area (Å²) in [6, 6.07) is 0.109. The molecule has 2 N–H and O–H groups in total. The zero-order chi connectivity index (χ0) is 11.2. The van der Waals surface area contributed by atoms with Gasteiger partial charge in [-0.05, 0) is 19.8 Å². The van der Waals surface area contributed by atoms with Crippen molar-refractivity contribution in [2.75, 3.05) is 12.0 Å². The second-order valence-corrected chi connectivity index (χ2v) is 6.05. The molecule has 0 spiro atoms. The lowest BCUT2D eigenvalue weighted by molar-refractivity contribution is -0.118. The van der Waals surface area contributed by atoms with Crippen LogP contribution in [0.1, 0.15) is 32.6 Å². The molecule has 0 aromatic rings. The monoisotopic (exact) mass is 221 g/mol. The van der Waals surface area contributed by atoms with Crippen LogP contribution in [0.2, 0.25) is 0 Å².